The summed E-state index contributed by atoms with van der Waals surface area (Å²) in [5.41, 5.74) is 9.20. The van der Waals surface area contributed by atoms with Crippen LogP contribution in [0.4, 0.5) is 25.8 Å². The van der Waals surface area contributed by atoms with Gasteiger partial charge in [0.05, 0.1) is 30.3 Å². The Balaban J connectivity index is 0.000000257. The number of anilines is 2. The maximum Gasteiger partial charge on any atom is 0.243 e. The van der Waals surface area contributed by atoms with Crippen LogP contribution in [0.25, 0.3) is 0 Å². The number of nitrogens with two attached hydrogens (primary N) is 1. The van der Waals surface area contributed by atoms with Gasteiger partial charge in [0, 0.05) is 36.9 Å². The molecule has 250 valence electrons. The van der Waals surface area contributed by atoms with Crippen molar-refractivity contribution in [3.8, 4) is 5.75 Å². The second kappa shape index (κ2) is 18.4. The summed E-state index contributed by atoms with van der Waals surface area (Å²) in [6, 6.07) is 15.1. The number of aryl methyl sites for hydroxylation is 1. The topological polar surface area (TPSA) is 151 Å². The quantitative estimate of drug-likeness (QED) is 0.0800. The lowest BCUT2D eigenvalue weighted by molar-refractivity contribution is -0.115. The van der Waals surface area contributed by atoms with E-state index in [1.54, 1.807) is 0 Å². The summed E-state index contributed by atoms with van der Waals surface area (Å²) in [6.45, 7) is 3.24. The molecular formula is C31H34ClF2N6O5PS. The number of nitrogens with one attached hydrogen (secondary N) is 1. The van der Waals surface area contributed by atoms with Gasteiger partial charge in [0.1, 0.15) is 12.2 Å². The summed E-state index contributed by atoms with van der Waals surface area (Å²) in [7, 11) is 4.44. The third-order valence-electron chi connectivity index (χ3n) is 6.15. The van der Waals surface area contributed by atoms with Gasteiger partial charge in [0.2, 0.25) is 18.7 Å². The first-order valence-corrected chi connectivity index (χ1v) is 15.9. The number of thioether (sulfide) groups is 1. The number of aliphatic hydroxyl groups is 1. The molecule has 0 saturated carbocycles. The number of amides is 2. The molecule has 1 heterocycles. The van der Waals surface area contributed by atoms with E-state index >= 15 is 0 Å². The van der Waals surface area contributed by atoms with Crippen LogP contribution in [0.5, 0.6) is 5.75 Å². The SMILES string of the molecule is CNc1ccc(C(N)=NC=Nc2ccc(OC(C)F)c(F)c2)cc1P.Cc1ccc(COCC(O)Cl)c(N2C(=O)CSC2=NC=O)c1. The Labute approximate surface area is 282 Å². The van der Waals surface area contributed by atoms with Gasteiger partial charge in [-0.1, -0.05) is 35.5 Å². The summed E-state index contributed by atoms with van der Waals surface area (Å²) >= 11 is 6.64. The molecule has 0 spiro atoms. The van der Waals surface area contributed by atoms with Crippen molar-refractivity contribution in [2.24, 2.45) is 20.7 Å². The molecule has 1 aliphatic heterocycles. The van der Waals surface area contributed by atoms with E-state index < -0.39 is 17.7 Å². The summed E-state index contributed by atoms with van der Waals surface area (Å²) in [5, 5.41) is 13.4. The van der Waals surface area contributed by atoms with Crippen LogP contribution in [0, 0.1) is 12.7 Å². The molecule has 1 aliphatic rings. The molecule has 1 saturated heterocycles. The maximum atomic E-state index is 13.7. The zero-order valence-electron chi connectivity index (χ0n) is 25.7. The summed E-state index contributed by atoms with van der Waals surface area (Å²) in [6.07, 6.45) is 0.0600. The number of hydrogen-bond donors (Lipinski definition) is 3. The van der Waals surface area contributed by atoms with Gasteiger partial charge in [-0.05, 0) is 54.2 Å². The van der Waals surface area contributed by atoms with E-state index in [9.17, 15) is 18.4 Å². The second-order valence-corrected chi connectivity index (χ2v) is 11.8. The number of ether oxygens (including phenoxy) is 2. The lowest BCUT2D eigenvalue weighted by Crippen LogP contribution is -2.30. The molecule has 16 heteroatoms. The van der Waals surface area contributed by atoms with Gasteiger partial charge in [-0.25, -0.2) is 18.8 Å². The smallest absolute Gasteiger partial charge is 0.243 e. The maximum absolute atomic E-state index is 13.7. The zero-order valence-corrected chi connectivity index (χ0v) is 28.4. The van der Waals surface area contributed by atoms with Gasteiger partial charge in [-0.15, -0.1) is 9.24 Å². The van der Waals surface area contributed by atoms with Crippen LogP contribution >= 0.6 is 32.6 Å². The van der Waals surface area contributed by atoms with Gasteiger partial charge >= 0.3 is 0 Å². The number of amidine groups is 2. The molecule has 4 rings (SSSR count). The molecule has 3 aromatic rings. The lowest BCUT2D eigenvalue weighted by Gasteiger charge is -2.20. The Morgan fingerprint density at radius 2 is 2.02 bits per heavy atom. The fourth-order valence-electron chi connectivity index (χ4n) is 4.03. The standard InChI is InChI=1S/C17H19F2N4OP.C14H15ClN2O4S/c1-10(18)24-15-6-4-12(8-13(15)19)22-9-23-17(20)11-3-5-14(21-2)16(25)7-11;1-9-2-3-10(5-21-6-12(15)19)11(4-9)17-13(20)7-22-14(17)16-8-18/h3-10,21H,25H2,1-2H3,(H2,20,22,23);2-4,8,12,19H,5-7H2,1H3. The molecule has 3 aromatic carbocycles. The molecule has 0 bridgehead atoms. The van der Waals surface area contributed by atoms with Gasteiger partial charge in [-0.3, -0.25) is 14.5 Å². The number of carbonyl (C=O) groups excluding carboxylic acids is 2. The zero-order chi connectivity index (χ0) is 34.5. The van der Waals surface area contributed by atoms with Gasteiger partial charge in [-0.2, -0.15) is 4.99 Å². The highest BCUT2D eigenvalue weighted by atomic mass is 35.5. The largest absolute Gasteiger partial charge is 0.458 e. The molecule has 0 radical (unpaired) electrons. The fraction of sp³-hybridized carbons (Fsp3) is 0.258. The summed E-state index contributed by atoms with van der Waals surface area (Å²) < 4.78 is 36.5. The van der Waals surface area contributed by atoms with Crippen molar-refractivity contribution >= 4 is 84.6 Å². The molecule has 0 aliphatic carbocycles. The van der Waals surface area contributed by atoms with Gasteiger partial charge in [0.25, 0.3) is 0 Å². The van der Waals surface area contributed by atoms with Crippen molar-refractivity contribution in [1.82, 2.24) is 0 Å². The minimum atomic E-state index is -1.59. The van der Waals surface area contributed by atoms with Gasteiger partial charge in [0.15, 0.2) is 22.3 Å². The first-order valence-electron chi connectivity index (χ1n) is 13.9. The van der Waals surface area contributed by atoms with Crippen LogP contribution in [0.1, 0.15) is 23.6 Å². The molecular weight excluding hydrogens is 673 g/mol. The number of nitrogens with zero attached hydrogens (tertiary/aromatic N) is 4. The molecule has 4 N–H and O–H groups in total. The Bertz CT molecular complexity index is 1660. The number of carbonyl (C=O) groups is 2. The van der Waals surface area contributed by atoms with Crippen LogP contribution in [-0.4, -0.2) is 66.1 Å². The predicted molar refractivity (Wildman–Crippen MR) is 188 cm³/mol. The van der Waals surface area contributed by atoms with Crippen LogP contribution < -0.4 is 26.0 Å². The monoisotopic (exact) mass is 706 g/mol. The van der Waals surface area contributed by atoms with E-state index in [2.05, 4.69) is 34.3 Å². The summed E-state index contributed by atoms with van der Waals surface area (Å²) in [5.74, 6) is -0.501. The van der Waals surface area contributed by atoms with E-state index in [-0.39, 0.29) is 36.5 Å². The number of hydrogen-bond acceptors (Lipinski definition) is 8. The fourth-order valence-corrected chi connectivity index (χ4v) is 5.37. The Morgan fingerprint density at radius 1 is 1.26 bits per heavy atom. The van der Waals surface area contributed by atoms with Crippen LogP contribution in [0.3, 0.4) is 0 Å². The average molecular weight is 707 g/mol. The second-order valence-electron chi connectivity index (χ2n) is 9.70. The van der Waals surface area contributed by atoms with E-state index in [4.69, 9.17) is 27.2 Å². The molecule has 1 fully saturated rings. The molecule has 2 amide bonds. The third-order valence-corrected chi connectivity index (χ3v) is 7.69. The van der Waals surface area contributed by atoms with E-state index in [0.717, 1.165) is 33.7 Å². The molecule has 3 unspecified atom stereocenters. The molecule has 0 aromatic heterocycles. The highest BCUT2D eigenvalue weighted by Crippen LogP contribution is 2.31. The first-order chi connectivity index (χ1) is 22.4. The normalized spacial score (nSPS) is 15.4. The van der Waals surface area contributed by atoms with Crippen LogP contribution in [0.2, 0.25) is 0 Å². The molecule has 11 nitrogen and oxygen atoms in total. The minimum absolute atomic E-state index is 0.0210. The van der Waals surface area contributed by atoms with Gasteiger partial charge < -0.3 is 25.6 Å². The average Bonchev–Trinajstić information content (AvgIpc) is 3.38. The van der Waals surface area contributed by atoms with Crippen molar-refractivity contribution in [3.05, 3.63) is 77.1 Å². The Morgan fingerprint density at radius 3 is 2.66 bits per heavy atom. The van der Waals surface area contributed by atoms with Crippen LogP contribution in [0.15, 0.2) is 69.6 Å². The van der Waals surface area contributed by atoms with E-state index in [1.165, 1.54) is 42.1 Å². The van der Waals surface area contributed by atoms with E-state index in [0.29, 0.717) is 23.0 Å². The Hall–Kier alpha value is -3.94. The van der Waals surface area contributed by atoms with Crippen LogP contribution in [-0.2, 0) is 20.9 Å². The minimum Gasteiger partial charge on any atom is -0.458 e. The molecule has 47 heavy (non-hydrogen) atoms. The third kappa shape index (κ3) is 11.4. The van der Waals surface area contributed by atoms with Crippen molar-refractivity contribution in [2.45, 2.75) is 32.4 Å². The number of halogens is 3. The molecule has 3 atom stereocenters. The number of benzene rings is 3. The van der Waals surface area contributed by atoms with Crippen molar-refractivity contribution in [2.75, 3.05) is 29.6 Å². The highest BCUT2D eigenvalue weighted by molar-refractivity contribution is 8.15. The van der Waals surface area contributed by atoms with Crippen molar-refractivity contribution in [3.63, 3.8) is 0 Å². The number of alkyl halides is 2. The highest BCUT2D eigenvalue weighted by Gasteiger charge is 2.31. The van der Waals surface area contributed by atoms with E-state index in [1.807, 2.05) is 50.4 Å². The predicted octanol–water partition coefficient (Wildman–Crippen LogP) is 4.79. The first kappa shape index (κ1) is 37.5. The Kier molecular flexibility index (Phi) is 14.7. The van der Waals surface area contributed by atoms with Crippen molar-refractivity contribution in [1.29, 1.82) is 0 Å². The number of aliphatic imine (C=N–C) groups is 3. The van der Waals surface area contributed by atoms with Crippen molar-refractivity contribution < 1.29 is 33.0 Å². The lowest BCUT2D eigenvalue weighted by atomic mass is 10.1. The number of rotatable bonds is 12. The number of aliphatic hydroxyl groups excluding tert-OH is 1. The summed E-state index contributed by atoms with van der Waals surface area (Å²) in [4.78, 5) is 35.9.